The van der Waals surface area contributed by atoms with Gasteiger partial charge in [-0.3, -0.25) is 20.4 Å². The van der Waals surface area contributed by atoms with Crippen molar-refractivity contribution in [1.82, 2.24) is 10.9 Å². The zero-order valence-corrected chi connectivity index (χ0v) is 11.6. The van der Waals surface area contributed by atoms with Crippen LogP contribution < -0.4 is 16.6 Å². The molecule has 2 amide bonds. The Labute approximate surface area is 113 Å². The van der Waals surface area contributed by atoms with E-state index < -0.39 is 17.4 Å². The summed E-state index contributed by atoms with van der Waals surface area (Å²) in [6, 6.07) is 8.80. The number of hydrazine groups is 1. The standard InChI is InChI=1S/C14H21N3O2/c1-14(2,3)13(19)17-16-12(18)11(15)9-10-7-5-4-6-8-10/h4-8,11H,9,15H2,1-3H3,(H,16,18)(H,17,19). The highest BCUT2D eigenvalue weighted by molar-refractivity contribution is 5.87. The molecule has 0 spiro atoms. The van der Waals surface area contributed by atoms with Gasteiger partial charge < -0.3 is 5.73 Å². The summed E-state index contributed by atoms with van der Waals surface area (Å²) in [7, 11) is 0. The van der Waals surface area contributed by atoms with Crippen molar-refractivity contribution in [2.75, 3.05) is 0 Å². The van der Waals surface area contributed by atoms with Gasteiger partial charge in [0.2, 0.25) is 5.91 Å². The van der Waals surface area contributed by atoms with E-state index in [1.807, 2.05) is 30.3 Å². The lowest BCUT2D eigenvalue weighted by molar-refractivity contribution is -0.134. The number of benzene rings is 1. The van der Waals surface area contributed by atoms with Gasteiger partial charge in [0.05, 0.1) is 6.04 Å². The quantitative estimate of drug-likeness (QED) is 0.704. The summed E-state index contributed by atoms with van der Waals surface area (Å²) in [5, 5.41) is 0. The minimum atomic E-state index is -0.692. The number of carbonyl (C=O) groups excluding carboxylic acids is 2. The average molecular weight is 263 g/mol. The van der Waals surface area contributed by atoms with E-state index in [4.69, 9.17) is 5.73 Å². The molecule has 0 saturated carbocycles. The number of hydrogen-bond donors (Lipinski definition) is 3. The van der Waals surface area contributed by atoms with Crippen LogP contribution in [-0.4, -0.2) is 17.9 Å². The molecule has 5 heteroatoms. The molecule has 1 rings (SSSR count). The van der Waals surface area contributed by atoms with Crippen molar-refractivity contribution in [2.24, 2.45) is 11.1 Å². The number of rotatable bonds is 3. The van der Waals surface area contributed by atoms with Gasteiger partial charge in [0.1, 0.15) is 0 Å². The molecule has 0 bridgehead atoms. The smallest absolute Gasteiger partial charge is 0.255 e. The predicted octanol–water partition coefficient (Wildman–Crippen LogP) is 0.750. The van der Waals surface area contributed by atoms with Crippen molar-refractivity contribution < 1.29 is 9.59 Å². The highest BCUT2D eigenvalue weighted by Crippen LogP contribution is 2.11. The molecular weight excluding hydrogens is 242 g/mol. The van der Waals surface area contributed by atoms with Crippen LogP contribution >= 0.6 is 0 Å². The zero-order valence-electron chi connectivity index (χ0n) is 11.6. The third-order valence-electron chi connectivity index (χ3n) is 2.62. The zero-order chi connectivity index (χ0) is 14.5. The van der Waals surface area contributed by atoms with E-state index in [1.54, 1.807) is 20.8 Å². The fourth-order valence-electron chi connectivity index (χ4n) is 1.36. The van der Waals surface area contributed by atoms with Crippen LogP contribution in [0, 0.1) is 5.41 Å². The summed E-state index contributed by atoms with van der Waals surface area (Å²) in [4.78, 5) is 23.3. The normalized spacial score (nSPS) is 12.6. The van der Waals surface area contributed by atoms with Crippen molar-refractivity contribution in [3.8, 4) is 0 Å². The first-order chi connectivity index (χ1) is 8.80. The lowest BCUT2D eigenvalue weighted by Crippen LogP contribution is -2.52. The molecular formula is C14H21N3O2. The Hall–Kier alpha value is -1.88. The highest BCUT2D eigenvalue weighted by atomic mass is 16.2. The van der Waals surface area contributed by atoms with Crippen molar-refractivity contribution in [3.63, 3.8) is 0 Å². The SMILES string of the molecule is CC(C)(C)C(=O)NNC(=O)C(N)Cc1ccccc1. The summed E-state index contributed by atoms with van der Waals surface area (Å²) in [6.45, 7) is 5.29. The first kappa shape index (κ1) is 15.2. The summed E-state index contributed by atoms with van der Waals surface area (Å²) in [5.41, 5.74) is 10.9. The van der Waals surface area contributed by atoms with E-state index in [0.29, 0.717) is 6.42 Å². The van der Waals surface area contributed by atoms with Crippen molar-refractivity contribution in [2.45, 2.75) is 33.2 Å². The van der Waals surface area contributed by atoms with Crippen LogP contribution in [0.2, 0.25) is 0 Å². The summed E-state index contributed by atoms with van der Waals surface area (Å²) in [5.74, 6) is -0.658. The number of hydrogen-bond acceptors (Lipinski definition) is 3. The summed E-state index contributed by atoms with van der Waals surface area (Å²) >= 11 is 0. The monoisotopic (exact) mass is 263 g/mol. The molecule has 4 N–H and O–H groups in total. The Morgan fingerprint density at radius 1 is 1.16 bits per heavy atom. The van der Waals surface area contributed by atoms with E-state index >= 15 is 0 Å². The molecule has 0 heterocycles. The second-order valence-electron chi connectivity index (χ2n) is 5.49. The van der Waals surface area contributed by atoms with Crippen LogP contribution in [0.1, 0.15) is 26.3 Å². The Morgan fingerprint density at radius 3 is 2.26 bits per heavy atom. The highest BCUT2D eigenvalue weighted by Gasteiger charge is 2.22. The fraction of sp³-hybridized carbons (Fsp3) is 0.429. The van der Waals surface area contributed by atoms with Gasteiger partial charge in [-0.25, -0.2) is 0 Å². The molecule has 0 aliphatic carbocycles. The molecule has 1 aromatic carbocycles. The molecule has 0 aliphatic rings. The third kappa shape index (κ3) is 5.09. The van der Waals surface area contributed by atoms with Gasteiger partial charge >= 0.3 is 0 Å². The Bertz CT molecular complexity index is 438. The molecule has 1 aromatic rings. The van der Waals surface area contributed by atoms with Gasteiger partial charge in [0, 0.05) is 5.41 Å². The van der Waals surface area contributed by atoms with E-state index in [-0.39, 0.29) is 5.91 Å². The van der Waals surface area contributed by atoms with Crippen LogP contribution in [0.5, 0.6) is 0 Å². The molecule has 0 fully saturated rings. The van der Waals surface area contributed by atoms with Crippen molar-refractivity contribution in [3.05, 3.63) is 35.9 Å². The van der Waals surface area contributed by atoms with Crippen LogP contribution in [-0.2, 0) is 16.0 Å². The molecule has 0 radical (unpaired) electrons. The number of carbonyl (C=O) groups is 2. The van der Waals surface area contributed by atoms with E-state index in [9.17, 15) is 9.59 Å². The molecule has 19 heavy (non-hydrogen) atoms. The minimum Gasteiger partial charge on any atom is -0.320 e. The Kier molecular flexibility index (Phi) is 5.06. The second kappa shape index (κ2) is 6.33. The molecule has 104 valence electrons. The fourth-order valence-corrected chi connectivity index (χ4v) is 1.36. The first-order valence-electron chi connectivity index (χ1n) is 6.20. The van der Waals surface area contributed by atoms with Crippen molar-refractivity contribution in [1.29, 1.82) is 0 Å². The largest absolute Gasteiger partial charge is 0.320 e. The van der Waals surface area contributed by atoms with Gasteiger partial charge in [-0.2, -0.15) is 0 Å². The maximum Gasteiger partial charge on any atom is 0.255 e. The summed E-state index contributed by atoms with van der Waals surface area (Å²) in [6.07, 6.45) is 0.429. The van der Waals surface area contributed by atoms with Crippen LogP contribution in [0.3, 0.4) is 0 Å². The molecule has 0 aliphatic heterocycles. The van der Waals surface area contributed by atoms with Gasteiger partial charge in [-0.15, -0.1) is 0 Å². The lowest BCUT2D eigenvalue weighted by Gasteiger charge is -2.19. The first-order valence-corrected chi connectivity index (χ1v) is 6.20. The number of nitrogens with two attached hydrogens (primary N) is 1. The predicted molar refractivity (Wildman–Crippen MR) is 73.9 cm³/mol. The molecule has 0 aromatic heterocycles. The maximum atomic E-state index is 11.7. The van der Waals surface area contributed by atoms with Crippen LogP contribution in [0.4, 0.5) is 0 Å². The minimum absolute atomic E-state index is 0.257. The van der Waals surface area contributed by atoms with Gasteiger partial charge in [-0.05, 0) is 12.0 Å². The topological polar surface area (TPSA) is 84.2 Å². The summed E-state index contributed by atoms with van der Waals surface area (Å²) < 4.78 is 0. The molecule has 0 saturated heterocycles. The van der Waals surface area contributed by atoms with Gasteiger partial charge in [0.25, 0.3) is 5.91 Å². The van der Waals surface area contributed by atoms with Gasteiger partial charge in [-0.1, -0.05) is 51.1 Å². The van der Waals surface area contributed by atoms with Crippen LogP contribution in [0.25, 0.3) is 0 Å². The van der Waals surface area contributed by atoms with E-state index in [0.717, 1.165) is 5.56 Å². The molecule has 1 unspecified atom stereocenters. The third-order valence-corrected chi connectivity index (χ3v) is 2.62. The van der Waals surface area contributed by atoms with Gasteiger partial charge in [0.15, 0.2) is 0 Å². The average Bonchev–Trinajstić information content (AvgIpc) is 2.35. The van der Waals surface area contributed by atoms with E-state index in [2.05, 4.69) is 10.9 Å². The molecule has 1 atom stereocenters. The lowest BCUT2D eigenvalue weighted by atomic mass is 9.96. The number of amides is 2. The Morgan fingerprint density at radius 2 is 1.74 bits per heavy atom. The van der Waals surface area contributed by atoms with Crippen molar-refractivity contribution >= 4 is 11.8 Å². The van der Waals surface area contributed by atoms with E-state index in [1.165, 1.54) is 0 Å². The maximum absolute atomic E-state index is 11.7. The number of nitrogens with one attached hydrogen (secondary N) is 2. The second-order valence-corrected chi connectivity index (χ2v) is 5.49. The molecule has 5 nitrogen and oxygen atoms in total. The Balaban J connectivity index is 2.44. The van der Waals surface area contributed by atoms with Crippen LogP contribution in [0.15, 0.2) is 30.3 Å².